The number of hydrogen-bond acceptors (Lipinski definition) is 7. The molecule has 8 heteroatoms. The highest BCUT2D eigenvalue weighted by Gasteiger charge is 2.53. The predicted octanol–water partition coefficient (Wildman–Crippen LogP) is 5.28. The van der Waals surface area contributed by atoms with E-state index in [-0.39, 0.29) is 24.6 Å². The molecule has 0 N–H and O–H groups in total. The van der Waals surface area contributed by atoms with Crippen LogP contribution in [0.3, 0.4) is 0 Å². The van der Waals surface area contributed by atoms with E-state index >= 15 is 0 Å². The van der Waals surface area contributed by atoms with Crippen molar-refractivity contribution in [3.63, 3.8) is 0 Å². The fourth-order valence-electron chi connectivity index (χ4n) is 5.49. The lowest BCUT2D eigenvalue weighted by Crippen LogP contribution is -2.48. The molecule has 1 aliphatic carbocycles. The average molecular weight is 524 g/mol. The Labute approximate surface area is 221 Å². The second kappa shape index (κ2) is 11.3. The molecule has 7 nitrogen and oxygen atoms in total. The van der Waals surface area contributed by atoms with Crippen molar-refractivity contribution in [1.82, 2.24) is 0 Å². The van der Waals surface area contributed by atoms with Crippen LogP contribution in [0, 0.1) is 11.8 Å². The summed E-state index contributed by atoms with van der Waals surface area (Å²) in [6.07, 6.45) is 0.314. The first kappa shape index (κ1) is 26.6. The number of benzene rings is 2. The monoisotopic (exact) mass is 523 g/mol. The fourth-order valence-corrected chi connectivity index (χ4v) is 5.74. The maximum atomic E-state index is 14.3. The molecule has 0 aromatic heterocycles. The zero-order chi connectivity index (χ0) is 26.7. The number of nitrogens with zero attached hydrogens (tertiary/aromatic N) is 1. The molecule has 0 amide bonds. The number of para-hydroxylation sites is 1. The largest absolute Gasteiger partial charge is 0.496 e. The standard InChI is InChI=1S/C29H30ClNO6/c1-5-36-28(33)23-16(3)31-21-15-19(17-11-8-10-14-22(17)35-4)25(29(34)37-6-2)27(32)26(21)24(23)18-12-7-9-13-20(18)30/h7-14,19,24-26H,5-6,15H2,1-4H3/t19-,24+,25-,26?/m0/s1. The molecular formula is C29H30ClNO6. The van der Waals surface area contributed by atoms with Gasteiger partial charge in [0.25, 0.3) is 0 Å². The van der Waals surface area contributed by atoms with Gasteiger partial charge < -0.3 is 14.2 Å². The Morgan fingerprint density at radius 2 is 1.62 bits per heavy atom. The molecule has 0 bridgehead atoms. The number of esters is 2. The Bertz CT molecular complexity index is 1280. The van der Waals surface area contributed by atoms with Crippen molar-refractivity contribution in [2.75, 3.05) is 20.3 Å². The van der Waals surface area contributed by atoms with Gasteiger partial charge in [-0.2, -0.15) is 0 Å². The zero-order valence-corrected chi connectivity index (χ0v) is 22.1. The number of hydrogen-bond donors (Lipinski definition) is 0. The lowest BCUT2D eigenvalue weighted by atomic mass is 9.62. The number of fused-ring (bicyclic) bond motifs is 1. The van der Waals surface area contributed by atoms with E-state index in [2.05, 4.69) is 0 Å². The summed E-state index contributed by atoms with van der Waals surface area (Å²) in [7, 11) is 1.55. The lowest BCUT2D eigenvalue weighted by Gasteiger charge is -2.41. The summed E-state index contributed by atoms with van der Waals surface area (Å²) in [4.78, 5) is 45.6. The molecule has 1 aliphatic heterocycles. The van der Waals surface area contributed by atoms with Crippen LogP contribution in [0.15, 0.2) is 64.8 Å². The fraction of sp³-hybridized carbons (Fsp3) is 0.379. The second-order valence-electron chi connectivity index (χ2n) is 8.98. The summed E-state index contributed by atoms with van der Waals surface area (Å²) in [5, 5.41) is 0.413. The minimum atomic E-state index is -1.10. The van der Waals surface area contributed by atoms with Crippen LogP contribution < -0.4 is 4.74 Å². The first-order valence-electron chi connectivity index (χ1n) is 12.4. The third-order valence-electron chi connectivity index (χ3n) is 6.96. The molecule has 0 radical (unpaired) electrons. The lowest BCUT2D eigenvalue weighted by molar-refractivity contribution is -0.153. The van der Waals surface area contributed by atoms with Crippen LogP contribution >= 0.6 is 11.6 Å². The zero-order valence-electron chi connectivity index (χ0n) is 21.3. The van der Waals surface area contributed by atoms with Gasteiger partial charge in [-0.15, -0.1) is 0 Å². The Morgan fingerprint density at radius 1 is 0.973 bits per heavy atom. The predicted molar refractivity (Wildman–Crippen MR) is 140 cm³/mol. The second-order valence-corrected chi connectivity index (χ2v) is 9.39. The Balaban J connectivity index is 1.93. The third-order valence-corrected chi connectivity index (χ3v) is 7.31. The maximum Gasteiger partial charge on any atom is 0.336 e. The van der Waals surface area contributed by atoms with Gasteiger partial charge in [-0.05, 0) is 50.5 Å². The van der Waals surface area contributed by atoms with Crippen molar-refractivity contribution in [3.8, 4) is 5.75 Å². The molecule has 2 aromatic rings. The van der Waals surface area contributed by atoms with E-state index in [4.69, 9.17) is 30.8 Å². The van der Waals surface area contributed by atoms with Crippen molar-refractivity contribution >= 4 is 35.0 Å². The molecule has 37 heavy (non-hydrogen) atoms. The SMILES string of the molecule is CCOC(=O)C1=C(C)N=C2C[C@@H](c3ccccc3OC)[C@H](C(=O)OCC)C(=O)C2[C@@H]1c1ccccc1Cl. The van der Waals surface area contributed by atoms with Gasteiger partial charge >= 0.3 is 11.9 Å². The number of ketones is 1. The van der Waals surface area contributed by atoms with Gasteiger partial charge in [0.15, 0.2) is 5.78 Å². The number of halogens is 1. The summed E-state index contributed by atoms with van der Waals surface area (Å²) in [5.41, 5.74) is 2.67. The summed E-state index contributed by atoms with van der Waals surface area (Å²) >= 11 is 6.61. The van der Waals surface area contributed by atoms with Crippen LogP contribution in [-0.4, -0.2) is 43.8 Å². The quantitative estimate of drug-likeness (QED) is 0.362. The molecule has 1 saturated carbocycles. The number of rotatable bonds is 7. The molecule has 0 saturated heterocycles. The van der Waals surface area contributed by atoms with Crippen LogP contribution in [0.2, 0.25) is 5.02 Å². The number of aliphatic imine (C=N–C) groups is 1. The van der Waals surface area contributed by atoms with E-state index in [1.807, 2.05) is 18.2 Å². The molecule has 1 unspecified atom stereocenters. The maximum absolute atomic E-state index is 14.3. The van der Waals surface area contributed by atoms with E-state index in [0.717, 1.165) is 5.56 Å². The van der Waals surface area contributed by atoms with E-state index in [1.54, 1.807) is 58.2 Å². The van der Waals surface area contributed by atoms with Crippen molar-refractivity contribution in [1.29, 1.82) is 0 Å². The summed E-state index contributed by atoms with van der Waals surface area (Å²) < 4.78 is 16.3. The van der Waals surface area contributed by atoms with Crippen molar-refractivity contribution in [3.05, 3.63) is 76.0 Å². The number of carbonyl (C=O) groups excluding carboxylic acids is 3. The van der Waals surface area contributed by atoms with Gasteiger partial charge in [-0.1, -0.05) is 48.0 Å². The van der Waals surface area contributed by atoms with Crippen LogP contribution in [0.25, 0.3) is 0 Å². The van der Waals surface area contributed by atoms with E-state index in [9.17, 15) is 14.4 Å². The summed E-state index contributed by atoms with van der Waals surface area (Å²) in [5.74, 6) is -4.21. The molecule has 4 rings (SSSR count). The van der Waals surface area contributed by atoms with Gasteiger partial charge in [0.2, 0.25) is 0 Å². The number of allylic oxidation sites excluding steroid dienone is 1. The van der Waals surface area contributed by atoms with Crippen LogP contribution in [-0.2, 0) is 23.9 Å². The van der Waals surface area contributed by atoms with Gasteiger partial charge in [0.05, 0.1) is 31.8 Å². The molecule has 1 heterocycles. The van der Waals surface area contributed by atoms with Gasteiger partial charge in [-0.3, -0.25) is 14.6 Å². The van der Waals surface area contributed by atoms with Crippen LogP contribution in [0.5, 0.6) is 5.75 Å². The normalized spacial score (nSPS) is 23.2. The van der Waals surface area contributed by atoms with Crippen LogP contribution in [0.1, 0.15) is 50.2 Å². The Hall–Kier alpha value is -3.45. The van der Waals surface area contributed by atoms with Crippen molar-refractivity contribution in [2.24, 2.45) is 16.8 Å². The van der Waals surface area contributed by atoms with Crippen molar-refractivity contribution in [2.45, 2.75) is 39.0 Å². The minimum absolute atomic E-state index is 0.133. The summed E-state index contributed by atoms with van der Waals surface area (Å²) in [6.45, 7) is 5.46. The first-order valence-corrected chi connectivity index (χ1v) is 12.7. The topological polar surface area (TPSA) is 91.3 Å². The average Bonchev–Trinajstić information content (AvgIpc) is 2.88. The van der Waals surface area contributed by atoms with E-state index in [1.165, 1.54) is 0 Å². The van der Waals surface area contributed by atoms with Gasteiger partial charge in [0.1, 0.15) is 11.7 Å². The minimum Gasteiger partial charge on any atom is -0.496 e. The Morgan fingerprint density at radius 3 is 2.27 bits per heavy atom. The highest BCUT2D eigenvalue weighted by Crippen LogP contribution is 2.50. The molecular weight excluding hydrogens is 494 g/mol. The molecule has 194 valence electrons. The van der Waals surface area contributed by atoms with Crippen molar-refractivity contribution < 1.29 is 28.6 Å². The van der Waals surface area contributed by atoms with Gasteiger partial charge in [0, 0.05) is 28.3 Å². The molecule has 1 fully saturated rings. The Kier molecular flexibility index (Phi) is 8.13. The number of carbonyl (C=O) groups is 3. The number of methoxy groups -OCH3 is 1. The molecule has 0 spiro atoms. The highest BCUT2D eigenvalue weighted by atomic mass is 35.5. The molecule has 2 aliphatic rings. The van der Waals surface area contributed by atoms with Crippen LogP contribution in [0.4, 0.5) is 0 Å². The number of Topliss-reactive ketones (excluding diaryl/α,β-unsaturated/α-hetero) is 1. The van der Waals surface area contributed by atoms with Gasteiger partial charge in [-0.25, -0.2) is 4.79 Å². The number of ether oxygens (including phenoxy) is 3. The van der Waals surface area contributed by atoms with E-state index in [0.29, 0.717) is 34.2 Å². The summed E-state index contributed by atoms with van der Waals surface area (Å²) in [6, 6.07) is 14.4. The van der Waals surface area contributed by atoms with E-state index < -0.39 is 35.6 Å². The first-order chi connectivity index (χ1) is 17.8. The molecule has 2 aromatic carbocycles. The highest BCUT2D eigenvalue weighted by molar-refractivity contribution is 6.31. The molecule has 4 atom stereocenters. The smallest absolute Gasteiger partial charge is 0.336 e. The third kappa shape index (κ3) is 4.92.